The first-order valence-corrected chi connectivity index (χ1v) is 24.1. The van der Waals surface area contributed by atoms with Gasteiger partial charge in [0, 0.05) is 0 Å². The number of hydrogen-bond acceptors (Lipinski definition) is 0. The summed E-state index contributed by atoms with van der Waals surface area (Å²) < 4.78 is 0. The van der Waals surface area contributed by atoms with Gasteiger partial charge in [-0.05, 0) is 52.8 Å². The maximum absolute atomic E-state index is 2.35. The van der Waals surface area contributed by atoms with Gasteiger partial charge >= 0.3 is 41.9 Å². The fraction of sp³-hybridized carbons (Fsp3) is 0.362. The molecule has 6 aromatic rings. The molecule has 0 heterocycles. The maximum atomic E-state index is 2.35. The molecule has 0 aliphatic heterocycles. The number of fused-ring (bicyclic) bond motifs is 2. The summed E-state index contributed by atoms with van der Waals surface area (Å²) >= 11 is 1.74. The molecule has 0 aliphatic rings. The third-order valence-corrected chi connectivity index (χ3v) is 9.75. The van der Waals surface area contributed by atoms with E-state index in [1.807, 2.05) is 0 Å². The Hall–Kier alpha value is -2.22. The van der Waals surface area contributed by atoms with Crippen LogP contribution in [0.4, 0.5) is 0 Å². The molecule has 270 valence electrons. The van der Waals surface area contributed by atoms with Crippen molar-refractivity contribution in [2.75, 3.05) is 0 Å². The van der Waals surface area contributed by atoms with Crippen molar-refractivity contribution in [3.8, 4) is 22.3 Å². The van der Waals surface area contributed by atoms with Crippen LogP contribution in [0.3, 0.4) is 0 Å². The predicted octanol–water partition coefficient (Wildman–Crippen LogP) is 8.20. The summed E-state index contributed by atoms with van der Waals surface area (Å²) in [5.41, 5.74) is 15.8. The third-order valence-electron chi connectivity index (χ3n) is 9.75. The summed E-state index contributed by atoms with van der Waals surface area (Å²) in [6.07, 6.45) is 0. The van der Waals surface area contributed by atoms with E-state index in [1.54, 1.807) is 23.3 Å². The van der Waals surface area contributed by atoms with E-state index >= 15 is 0 Å². The smallest absolute Gasteiger partial charge is 0.0132 e. The summed E-state index contributed by atoms with van der Waals surface area (Å²) in [4.78, 5) is 0. The van der Waals surface area contributed by atoms with E-state index < -0.39 is 0 Å². The van der Waals surface area contributed by atoms with E-state index in [4.69, 9.17) is 0 Å². The first-order chi connectivity index (χ1) is 22.8. The molecule has 0 amide bonds. The Bertz CT molecular complexity index is 2060. The van der Waals surface area contributed by atoms with Crippen molar-refractivity contribution in [1.29, 1.82) is 0 Å². The topological polar surface area (TPSA) is 0 Å². The standard InChI is InChI=1S/C23H27.C22H25.C2H6Si.2ClH.Zr/c1-14-12-20-16(3)15(2)17(4)22(21(20)13-14)18-8-10-19(11-9-18)23(5,6)7;1-15(2)18-13-17-7-6-8-20(21(17)14-18)16-9-11-19(12-10-16)22(3,4)5;1-3-2;;;/h8-13H,1-7H3;6-15H,1-5H3;1-2H3;2*1H;/q2*-1;;;;+2/p-2. The van der Waals surface area contributed by atoms with E-state index in [2.05, 4.69) is 187 Å². The van der Waals surface area contributed by atoms with E-state index in [-0.39, 0.29) is 41.1 Å². The predicted molar refractivity (Wildman–Crippen MR) is 218 cm³/mol. The normalized spacial score (nSPS) is 11.3. The van der Waals surface area contributed by atoms with Crippen LogP contribution in [0, 0.1) is 27.7 Å². The van der Waals surface area contributed by atoms with Crippen molar-refractivity contribution in [3.05, 3.63) is 130 Å². The van der Waals surface area contributed by atoms with Gasteiger partial charge in [-0.2, -0.15) is 12.1 Å². The molecule has 0 spiro atoms. The molecule has 0 radical (unpaired) electrons. The zero-order valence-electron chi connectivity index (χ0n) is 33.5. The molecule has 0 N–H and O–H groups in total. The molecule has 0 atom stereocenters. The molecule has 6 aromatic carbocycles. The Morgan fingerprint density at radius 2 is 1.10 bits per heavy atom. The van der Waals surface area contributed by atoms with Gasteiger partial charge in [0.1, 0.15) is 0 Å². The third kappa shape index (κ3) is 10.9. The molecule has 0 aliphatic carbocycles. The van der Waals surface area contributed by atoms with Crippen LogP contribution in [-0.4, -0.2) is 5.43 Å². The average molecular weight is 813 g/mol. The van der Waals surface area contributed by atoms with Gasteiger partial charge < -0.3 is 24.8 Å². The van der Waals surface area contributed by atoms with Crippen LogP contribution >= 0.6 is 0 Å². The number of rotatable bonds is 3. The van der Waals surface area contributed by atoms with E-state index in [9.17, 15) is 0 Å². The molecule has 51 heavy (non-hydrogen) atoms. The van der Waals surface area contributed by atoms with Crippen molar-refractivity contribution in [3.63, 3.8) is 0 Å². The second kappa shape index (κ2) is 18.2. The minimum atomic E-state index is 0. The average Bonchev–Trinajstić information content (AvgIpc) is 3.64. The number of halogens is 2. The summed E-state index contributed by atoms with van der Waals surface area (Å²) in [6.45, 7) is 31.7. The Kier molecular flexibility index (Phi) is 16.0. The summed E-state index contributed by atoms with van der Waals surface area (Å²) in [5, 5.41) is 5.52. The van der Waals surface area contributed by atoms with Gasteiger partial charge in [-0.15, -0.1) is 62.5 Å². The SMILES string of the molecule is CC(C)c1cc2c(-c3ccc(C(C)(C)C)cc3)cccc2[cH-]1.C[Si](C)=[Zr+2].Cc1cc2c(-c3ccc(C(C)(C)C)cc3)c(C)c(C)c(C)c2[cH-]1.[Cl-].[Cl-]. The Labute approximate surface area is 337 Å². The van der Waals surface area contributed by atoms with Crippen LogP contribution in [0.1, 0.15) is 100 Å². The second-order valence-electron chi connectivity index (χ2n) is 16.5. The van der Waals surface area contributed by atoms with Gasteiger partial charge in [0.05, 0.1) is 0 Å². The first-order valence-electron chi connectivity index (χ1n) is 17.9. The molecule has 0 unspecified atom stereocenters. The second-order valence-corrected chi connectivity index (χ2v) is 25.9. The molecule has 0 nitrogen and oxygen atoms in total. The number of aryl methyl sites for hydroxylation is 2. The van der Waals surface area contributed by atoms with Crippen LogP contribution in [0.5, 0.6) is 0 Å². The maximum Gasteiger partial charge on any atom is -0.0132 e. The van der Waals surface area contributed by atoms with E-state index in [1.165, 1.54) is 82.7 Å². The van der Waals surface area contributed by atoms with Crippen molar-refractivity contribution in [1.82, 2.24) is 0 Å². The van der Waals surface area contributed by atoms with Crippen LogP contribution in [0.2, 0.25) is 13.1 Å². The van der Waals surface area contributed by atoms with Gasteiger partial charge in [0.25, 0.3) is 0 Å². The minimum Gasteiger partial charge on any atom is -1.00 e. The first kappa shape index (κ1) is 44.9. The summed E-state index contributed by atoms with van der Waals surface area (Å²) in [6, 6.07) is 34.2. The van der Waals surface area contributed by atoms with Gasteiger partial charge in [0.2, 0.25) is 0 Å². The Morgan fingerprint density at radius 1 is 0.608 bits per heavy atom. The summed E-state index contributed by atoms with van der Waals surface area (Å²) in [5.74, 6) is 0.573. The number of benzene rings is 4. The Morgan fingerprint density at radius 3 is 1.57 bits per heavy atom. The largest absolute Gasteiger partial charge is 1.00 e. The van der Waals surface area contributed by atoms with Crippen molar-refractivity contribution < 1.29 is 48.1 Å². The molecule has 6 rings (SSSR count). The number of hydrogen-bond donors (Lipinski definition) is 0. The molecule has 4 heteroatoms. The molecule has 0 saturated heterocycles. The van der Waals surface area contributed by atoms with Crippen LogP contribution in [-0.2, 0) is 34.2 Å². The van der Waals surface area contributed by atoms with E-state index in [0.29, 0.717) is 5.92 Å². The van der Waals surface area contributed by atoms with Crippen molar-refractivity contribution in [2.24, 2.45) is 0 Å². The quantitative estimate of drug-likeness (QED) is 0.125. The molecule has 0 fully saturated rings. The van der Waals surface area contributed by atoms with Gasteiger partial charge in [-0.1, -0.05) is 146 Å². The molecular weight excluding hydrogens is 755 g/mol. The summed E-state index contributed by atoms with van der Waals surface area (Å²) in [7, 11) is 0. The van der Waals surface area contributed by atoms with Gasteiger partial charge in [0.15, 0.2) is 0 Å². The zero-order chi connectivity index (χ0) is 36.4. The monoisotopic (exact) mass is 810 g/mol. The zero-order valence-corrected chi connectivity index (χ0v) is 38.5. The van der Waals surface area contributed by atoms with Crippen LogP contribution in [0.25, 0.3) is 43.8 Å². The van der Waals surface area contributed by atoms with Crippen molar-refractivity contribution in [2.45, 2.75) is 113 Å². The van der Waals surface area contributed by atoms with Gasteiger partial charge in [-0.25, -0.2) is 0 Å². The minimum absolute atomic E-state index is 0. The van der Waals surface area contributed by atoms with Crippen LogP contribution < -0.4 is 24.8 Å². The fourth-order valence-corrected chi connectivity index (χ4v) is 6.54. The molecule has 0 aromatic heterocycles. The van der Waals surface area contributed by atoms with Gasteiger partial charge in [-0.3, -0.25) is 0 Å². The fourth-order valence-electron chi connectivity index (χ4n) is 6.54. The Balaban J connectivity index is 0.000000309. The molecule has 0 bridgehead atoms. The van der Waals surface area contributed by atoms with Crippen molar-refractivity contribution >= 4 is 27.0 Å². The molecular formula is C47H58Cl2SiZr-2. The molecule has 0 saturated carbocycles. The van der Waals surface area contributed by atoms with E-state index in [0.717, 1.165) is 0 Å². The van der Waals surface area contributed by atoms with Crippen LogP contribution in [0.15, 0.2) is 91.0 Å².